The summed E-state index contributed by atoms with van der Waals surface area (Å²) in [6.07, 6.45) is 3.47. The molecule has 1 aliphatic carbocycles. The average molecular weight is 308 g/mol. The van der Waals surface area contributed by atoms with Gasteiger partial charge in [-0.15, -0.1) is 0 Å². The van der Waals surface area contributed by atoms with Gasteiger partial charge in [0.15, 0.2) is 5.96 Å². The second-order valence-electron chi connectivity index (χ2n) is 5.58. The van der Waals surface area contributed by atoms with Gasteiger partial charge in [0.2, 0.25) is 5.91 Å². The summed E-state index contributed by atoms with van der Waals surface area (Å²) in [6.45, 7) is -0.0152. The molecule has 0 saturated carbocycles. The van der Waals surface area contributed by atoms with E-state index in [0.717, 1.165) is 24.2 Å². The van der Waals surface area contributed by atoms with E-state index in [1.807, 2.05) is 36.4 Å². The third-order valence-corrected chi connectivity index (χ3v) is 3.82. The van der Waals surface area contributed by atoms with E-state index in [1.165, 1.54) is 17.5 Å². The van der Waals surface area contributed by atoms with Gasteiger partial charge in [-0.25, -0.2) is 4.99 Å². The van der Waals surface area contributed by atoms with E-state index in [2.05, 4.69) is 27.8 Å². The SMILES string of the molecule is NC(=NCC(=O)Nc1ccccc1)Nc1ccc2c(c1)CCC2. The Hall–Kier alpha value is -2.82. The Labute approximate surface area is 135 Å². The van der Waals surface area contributed by atoms with Crippen molar-refractivity contribution in [1.29, 1.82) is 0 Å². The molecule has 4 N–H and O–H groups in total. The van der Waals surface area contributed by atoms with Gasteiger partial charge < -0.3 is 16.4 Å². The van der Waals surface area contributed by atoms with Crippen LogP contribution in [0.5, 0.6) is 0 Å². The largest absolute Gasteiger partial charge is 0.370 e. The second kappa shape index (κ2) is 6.96. The molecule has 0 bridgehead atoms. The van der Waals surface area contributed by atoms with Crippen LogP contribution in [0, 0.1) is 0 Å². The summed E-state index contributed by atoms with van der Waals surface area (Å²) in [4.78, 5) is 15.9. The summed E-state index contributed by atoms with van der Waals surface area (Å²) in [5.41, 5.74) is 10.3. The van der Waals surface area contributed by atoms with Crippen molar-refractivity contribution in [2.24, 2.45) is 10.7 Å². The lowest BCUT2D eigenvalue weighted by Gasteiger charge is -2.08. The Kier molecular flexibility index (Phi) is 4.57. The molecule has 0 atom stereocenters. The molecule has 2 aromatic rings. The molecular weight excluding hydrogens is 288 g/mol. The molecule has 0 fully saturated rings. The fourth-order valence-electron chi connectivity index (χ4n) is 2.72. The molecule has 1 aliphatic rings. The van der Waals surface area contributed by atoms with E-state index in [-0.39, 0.29) is 18.4 Å². The molecule has 5 nitrogen and oxygen atoms in total. The summed E-state index contributed by atoms with van der Waals surface area (Å²) < 4.78 is 0. The third kappa shape index (κ3) is 4.10. The number of rotatable bonds is 4. The molecule has 5 heteroatoms. The minimum absolute atomic E-state index is 0.0152. The van der Waals surface area contributed by atoms with Crippen molar-refractivity contribution in [3.05, 3.63) is 59.7 Å². The highest BCUT2D eigenvalue weighted by Crippen LogP contribution is 2.24. The topological polar surface area (TPSA) is 79.5 Å². The van der Waals surface area contributed by atoms with Crippen molar-refractivity contribution in [1.82, 2.24) is 0 Å². The van der Waals surface area contributed by atoms with Gasteiger partial charge in [0.25, 0.3) is 0 Å². The lowest BCUT2D eigenvalue weighted by molar-refractivity contribution is -0.114. The number of carbonyl (C=O) groups excluding carboxylic acids is 1. The van der Waals surface area contributed by atoms with E-state index in [9.17, 15) is 4.79 Å². The number of hydrogen-bond donors (Lipinski definition) is 3. The number of benzene rings is 2. The van der Waals surface area contributed by atoms with E-state index in [1.54, 1.807) is 0 Å². The lowest BCUT2D eigenvalue weighted by atomic mass is 10.1. The highest BCUT2D eigenvalue weighted by Gasteiger charge is 2.11. The minimum atomic E-state index is -0.199. The van der Waals surface area contributed by atoms with Crippen LogP contribution in [0.1, 0.15) is 17.5 Å². The number of para-hydroxylation sites is 1. The van der Waals surface area contributed by atoms with Crippen molar-refractivity contribution in [2.75, 3.05) is 17.2 Å². The average Bonchev–Trinajstić information content (AvgIpc) is 3.01. The predicted molar refractivity (Wildman–Crippen MR) is 93.7 cm³/mol. The maximum Gasteiger partial charge on any atom is 0.246 e. The first-order chi connectivity index (χ1) is 11.2. The smallest absolute Gasteiger partial charge is 0.246 e. The number of nitrogens with one attached hydrogen (secondary N) is 2. The van der Waals surface area contributed by atoms with Crippen LogP contribution in [-0.2, 0) is 17.6 Å². The minimum Gasteiger partial charge on any atom is -0.370 e. The van der Waals surface area contributed by atoms with Crippen LogP contribution in [0.2, 0.25) is 0 Å². The van der Waals surface area contributed by atoms with Crippen LogP contribution in [0.3, 0.4) is 0 Å². The molecular formula is C18H20N4O. The molecule has 0 aromatic heterocycles. The molecule has 3 rings (SSSR count). The first kappa shape index (κ1) is 15.1. The molecule has 0 heterocycles. The Morgan fingerprint density at radius 1 is 1.00 bits per heavy atom. The fraction of sp³-hybridized carbons (Fsp3) is 0.222. The Morgan fingerprint density at radius 2 is 1.78 bits per heavy atom. The number of anilines is 2. The molecule has 2 aromatic carbocycles. The van der Waals surface area contributed by atoms with E-state index >= 15 is 0 Å². The quantitative estimate of drug-likeness (QED) is 0.600. The third-order valence-electron chi connectivity index (χ3n) is 3.82. The number of nitrogens with zero attached hydrogens (tertiary/aromatic N) is 1. The van der Waals surface area contributed by atoms with Crippen LogP contribution in [0.25, 0.3) is 0 Å². The molecule has 23 heavy (non-hydrogen) atoms. The molecule has 1 amide bonds. The zero-order chi connectivity index (χ0) is 16.1. The second-order valence-corrected chi connectivity index (χ2v) is 5.58. The normalized spacial score (nSPS) is 13.5. The first-order valence-electron chi connectivity index (χ1n) is 7.74. The fourth-order valence-corrected chi connectivity index (χ4v) is 2.72. The van der Waals surface area contributed by atoms with Crippen molar-refractivity contribution in [2.45, 2.75) is 19.3 Å². The van der Waals surface area contributed by atoms with Gasteiger partial charge in [-0.05, 0) is 54.7 Å². The van der Waals surface area contributed by atoms with Gasteiger partial charge in [-0.3, -0.25) is 4.79 Å². The highest BCUT2D eigenvalue weighted by molar-refractivity contribution is 5.97. The van der Waals surface area contributed by atoms with Crippen molar-refractivity contribution in [3.63, 3.8) is 0 Å². The number of guanidine groups is 1. The zero-order valence-corrected chi connectivity index (χ0v) is 12.9. The Morgan fingerprint density at radius 3 is 2.61 bits per heavy atom. The van der Waals surface area contributed by atoms with Crippen molar-refractivity contribution in [3.8, 4) is 0 Å². The first-order valence-corrected chi connectivity index (χ1v) is 7.74. The number of fused-ring (bicyclic) bond motifs is 1. The summed E-state index contributed by atoms with van der Waals surface area (Å²) in [5.74, 6) is 0.0426. The number of carbonyl (C=O) groups is 1. The standard InChI is InChI=1S/C18H20N4O/c19-18(20-12-17(23)21-15-7-2-1-3-8-15)22-16-10-9-13-5-4-6-14(13)11-16/h1-3,7-11H,4-6,12H2,(H,21,23)(H3,19,20,22). The maximum absolute atomic E-state index is 11.8. The van der Waals surface area contributed by atoms with Crippen LogP contribution < -0.4 is 16.4 Å². The van der Waals surface area contributed by atoms with Gasteiger partial charge in [-0.1, -0.05) is 24.3 Å². The summed E-state index contributed by atoms with van der Waals surface area (Å²) in [5, 5.41) is 5.80. The maximum atomic E-state index is 11.8. The van der Waals surface area contributed by atoms with Gasteiger partial charge in [0.05, 0.1) is 0 Å². The van der Waals surface area contributed by atoms with Crippen molar-refractivity contribution < 1.29 is 4.79 Å². The van der Waals surface area contributed by atoms with Crippen LogP contribution in [0.4, 0.5) is 11.4 Å². The van der Waals surface area contributed by atoms with Crippen LogP contribution in [0.15, 0.2) is 53.5 Å². The van der Waals surface area contributed by atoms with Crippen LogP contribution in [-0.4, -0.2) is 18.4 Å². The Balaban J connectivity index is 1.54. The molecule has 0 saturated heterocycles. The number of amides is 1. The highest BCUT2D eigenvalue weighted by atomic mass is 16.1. The summed E-state index contributed by atoms with van der Waals surface area (Å²) in [7, 11) is 0. The van der Waals surface area contributed by atoms with Gasteiger partial charge in [0, 0.05) is 11.4 Å². The summed E-state index contributed by atoms with van der Waals surface area (Å²) in [6, 6.07) is 15.5. The molecule has 0 unspecified atom stereocenters. The van der Waals surface area contributed by atoms with Crippen molar-refractivity contribution >= 4 is 23.2 Å². The van der Waals surface area contributed by atoms with Gasteiger partial charge in [0.1, 0.15) is 6.54 Å². The number of hydrogen-bond acceptors (Lipinski definition) is 2. The molecule has 0 spiro atoms. The molecule has 0 aliphatic heterocycles. The number of aliphatic imine (C=N–C) groups is 1. The van der Waals surface area contributed by atoms with Gasteiger partial charge in [-0.2, -0.15) is 0 Å². The number of aryl methyl sites for hydroxylation is 2. The van der Waals surface area contributed by atoms with E-state index in [0.29, 0.717) is 0 Å². The summed E-state index contributed by atoms with van der Waals surface area (Å²) >= 11 is 0. The molecule has 118 valence electrons. The lowest BCUT2D eigenvalue weighted by Crippen LogP contribution is -2.25. The zero-order valence-electron chi connectivity index (χ0n) is 12.9. The van der Waals surface area contributed by atoms with Crippen LogP contribution >= 0.6 is 0 Å². The van der Waals surface area contributed by atoms with E-state index < -0.39 is 0 Å². The van der Waals surface area contributed by atoms with E-state index in [4.69, 9.17) is 5.73 Å². The predicted octanol–water partition coefficient (Wildman–Crippen LogP) is 2.54. The van der Waals surface area contributed by atoms with Gasteiger partial charge >= 0.3 is 0 Å². The molecule has 0 radical (unpaired) electrons. The monoisotopic (exact) mass is 308 g/mol. The number of nitrogens with two attached hydrogens (primary N) is 1. The Bertz CT molecular complexity index is 725.